The molecule has 11 aromatic rings. The van der Waals surface area contributed by atoms with Crippen molar-refractivity contribution in [2.75, 3.05) is 0 Å². The van der Waals surface area contributed by atoms with Gasteiger partial charge in [0.15, 0.2) is 0 Å². The first-order valence-electron chi connectivity index (χ1n) is 18.8. The maximum absolute atomic E-state index is 2.45. The lowest BCUT2D eigenvalue weighted by Gasteiger charge is -2.20. The van der Waals surface area contributed by atoms with Crippen molar-refractivity contribution in [1.82, 2.24) is 0 Å². The summed E-state index contributed by atoms with van der Waals surface area (Å²) < 4.78 is 0. The third-order valence-corrected chi connectivity index (χ3v) is 11.4. The number of rotatable bonds is 5. The van der Waals surface area contributed by atoms with E-state index >= 15 is 0 Å². The molecule has 0 amide bonds. The fourth-order valence-electron chi connectivity index (χ4n) is 8.87. The van der Waals surface area contributed by atoms with Crippen molar-refractivity contribution < 1.29 is 0 Å². The average molecular weight is 683 g/mol. The van der Waals surface area contributed by atoms with Crippen molar-refractivity contribution in [3.05, 3.63) is 206 Å². The molecule has 0 heterocycles. The molecule has 0 unspecified atom stereocenters. The molecular formula is C54H34. The van der Waals surface area contributed by atoms with Crippen molar-refractivity contribution in [1.29, 1.82) is 0 Å². The van der Waals surface area contributed by atoms with E-state index in [-0.39, 0.29) is 0 Å². The van der Waals surface area contributed by atoms with Crippen molar-refractivity contribution in [3.8, 4) is 55.6 Å². The normalized spacial score (nSPS) is 11.7. The second kappa shape index (κ2) is 12.3. The zero-order valence-corrected chi connectivity index (χ0v) is 29.6. The number of hydrogen-bond acceptors (Lipinski definition) is 0. The van der Waals surface area contributed by atoms with E-state index < -0.39 is 0 Å². The van der Waals surface area contributed by atoms with Gasteiger partial charge in [-0.2, -0.15) is 0 Å². The van der Waals surface area contributed by atoms with Crippen molar-refractivity contribution in [3.63, 3.8) is 0 Å². The van der Waals surface area contributed by atoms with E-state index in [2.05, 4.69) is 206 Å². The summed E-state index contributed by atoms with van der Waals surface area (Å²) in [5, 5.41) is 12.9. The van der Waals surface area contributed by atoms with Gasteiger partial charge >= 0.3 is 0 Å². The maximum atomic E-state index is 2.45. The van der Waals surface area contributed by atoms with E-state index in [0.717, 1.165) is 0 Å². The third kappa shape index (κ3) is 4.85. The quantitative estimate of drug-likeness (QED) is 0.125. The summed E-state index contributed by atoms with van der Waals surface area (Å²) in [5.74, 6) is 0. The zero-order valence-electron chi connectivity index (χ0n) is 29.6. The number of benzene rings is 11. The van der Waals surface area contributed by atoms with Crippen LogP contribution < -0.4 is 0 Å². The monoisotopic (exact) mass is 682 g/mol. The van der Waals surface area contributed by atoms with E-state index in [1.807, 2.05) is 0 Å². The Kier molecular flexibility index (Phi) is 6.97. The fraction of sp³-hybridized carbons (Fsp3) is 0. The SMILES string of the molecule is c1ccc(-c2ccc(-c3c4ccccc4c(-c4ccc(-c5ccccc5)cc4)c4cc(-c5ccc6ccc7cccc8ccc5c6c78)ccc34)cc2)cc1. The van der Waals surface area contributed by atoms with Gasteiger partial charge in [0, 0.05) is 0 Å². The van der Waals surface area contributed by atoms with Crippen LogP contribution in [-0.2, 0) is 0 Å². The maximum Gasteiger partial charge on any atom is -0.00206 e. The molecule has 0 aliphatic rings. The highest BCUT2D eigenvalue weighted by atomic mass is 14.2. The standard InChI is InChI=1S/C54H34/c1-3-10-35(11-4-1)37-18-22-41(23-19-37)52-46-16-7-8-17-47(46)53(42-24-20-38(21-25-42)36-12-5-2-6-13-36)50-34-44(30-33-49(50)52)45-31-28-43-27-26-39-14-9-15-40-29-32-48(45)54(43)51(39)40/h1-34H. The van der Waals surface area contributed by atoms with Crippen LogP contribution in [0.5, 0.6) is 0 Å². The molecule has 0 radical (unpaired) electrons. The Bertz CT molecular complexity index is 3140. The van der Waals surface area contributed by atoms with Crippen LogP contribution in [0.1, 0.15) is 0 Å². The Labute approximate surface area is 314 Å². The van der Waals surface area contributed by atoms with Crippen LogP contribution in [0.25, 0.3) is 109 Å². The molecule has 11 aromatic carbocycles. The van der Waals surface area contributed by atoms with Gasteiger partial charge in [0.25, 0.3) is 0 Å². The molecule has 0 spiro atoms. The van der Waals surface area contributed by atoms with Gasteiger partial charge in [0.1, 0.15) is 0 Å². The highest BCUT2D eigenvalue weighted by molar-refractivity contribution is 6.26. The average Bonchev–Trinajstić information content (AvgIpc) is 3.25. The Morgan fingerprint density at radius 1 is 0.204 bits per heavy atom. The molecule has 0 saturated heterocycles. The Hall–Kier alpha value is -7.02. The largest absolute Gasteiger partial charge is 0.0622 e. The van der Waals surface area contributed by atoms with Crippen LogP contribution in [-0.4, -0.2) is 0 Å². The van der Waals surface area contributed by atoms with Crippen LogP contribution in [0.2, 0.25) is 0 Å². The van der Waals surface area contributed by atoms with Crippen molar-refractivity contribution >= 4 is 53.9 Å². The van der Waals surface area contributed by atoms with Gasteiger partial charge in [-0.15, -0.1) is 0 Å². The topological polar surface area (TPSA) is 0 Å². The predicted molar refractivity (Wildman–Crippen MR) is 232 cm³/mol. The molecule has 0 saturated carbocycles. The van der Waals surface area contributed by atoms with Crippen molar-refractivity contribution in [2.24, 2.45) is 0 Å². The molecule has 0 bridgehead atoms. The van der Waals surface area contributed by atoms with E-state index in [0.29, 0.717) is 0 Å². The van der Waals surface area contributed by atoms with Crippen molar-refractivity contribution in [2.45, 2.75) is 0 Å². The van der Waals surface area contributed by atoms with E-state index in [1.54, 1.807) is 0 Å². The molecule has 0 nitrogen and oxygen atoms in total. The van der Waals surface area contributed by atoms with E-state index in [1.165, 1.54) is 109 Å². The Balaban J connectivity index is 1.18. The minimum atomic E-state index is 1.22. The summed E-state index contributed by atoms with van der Waals surface area (Å²) in [7, 11) is 0. The minimum absolute atomic E-state index is 1.22. The summed E-state index contributed by atoms with van der Waals surface area (Å²) in [6.07, 6.45) is 0. The lowest BCUT2D eigenvalue weighted by molar-refractivity contribution is 1.60. The molecule has 54 heavy (non-hydrogen) atoms. The molecule has 0 atom stereocenters. The first-order chi connectivity index (χ1) is 26.8. The summed E-state index contributed by atoms with van der Waals surface area (Å²) in [6, 6.07) is 76.1. The summed E-state index contributed by atoms with van der Waals surface area (Å²) in [6.45, 7) is 0. The minimum Gasteiger partial charge on any atom is -0.0622 e. The predicted octanol–water partition coefficient (Wildman–Crippen LogP) is 15.2. The van der Waals surface area contributed by atoms with Gasteiger partial charge in [-0.05, 0) is 116 Å². The van der Waals surface area contributed by atoms with Gasteiger partial charge in [-0.1, -0.05) is 200 Å². The second-order valence-corrected chi connectivity index (χ2v) is 14.4. The van der Waals surface area contributed by atoms with Crippen LogP contribution in [0.15, 0.2) is 206 Å². The lowest BCUT2D eigenvalue weighted by atomic mass is 9.83. The number of hydrogen-bond donors (Lipinski definition) is 0. The van der Waals surface area contributed by atoms with Gasteiger partial charge in [0.05, 0.1) is 0 Å². The smallest absolute Gasteiger partial charge is 0.00206 e. The first-order valence-corrected chi connectivity index (χ1v) is 18.8. The van der Waals surface area contributed by atoms with Crippen LogP contribution in [0.3, 0.4) is 0 Å². The Morgan fingerprint density at radius 3 is 1.20 bits per heavy atom. The second-order valence-electron chi connectivity index (χ2n) is 14.4. The molecule has 250 valence electrons. The zero-order chi connectivity index (χ0) is 35.6. The molecule has 0 heteroatoms. The molecule has 0 aliphatic heterocycles. The third-order valence-electron chi connectivity index (χ3n) is 11.4. The summed E-state index contributed by atoms with van der Waals surface area (Å²) in [5.41, 5.74) is 12.4. The summed E-state index contributed by atoms with van der Waals surface area (Å²) >= 11 is 0. The van der Waals surface area contributed by atoms with Crippen LogP contribution in [0, 0.1) is 0 Å². The Morgan fingerprint density at radius 2 is 0.611 bits per heavy atom. The molecule has 0 aliphatic carbocycles. The fourth-order valence-corrected chi connectivity index (χ4v) is 8.87. The molecule has 0 aromatic heterocycles. The molecule has 0 N–H and O–H groups in total. The molecule has 0 fully saturated rings. The summed E-state index contributed by atoms with van der Waals surface area (Å²) in [4.78, 5) is 0. The van der Waals surface area contributed by atoms with Crippen LogP contribution in [0.4, 0.5) is 0 Å². The van der Waals surface area contributed by atoms with Crippen LogP contribution >= 0.6 is 0 Å². The van der Waals surface area contributed by atoms with Gasteiger partial charge in [-0.25, -0.2) is 0 Å². The van der Waals surface area contributed by atoms with E-state index in [9.17, 15) is 0 Å². The first kappa shape index (κ1) is 30.6. The highest BCUT2D eigenvalue weighted by Crippen LogP contribution is 2.47. The van der Waals surface area contributed by atoms with E-state index in [4.69, 9.17) is 0 Å². The highest BCUT2D eigenvalue weighted by Gasteiger charge is 2.19. The lowest BCUT2D eigenvalue weighted by Crippen LogP contribution is -1.93. The van der Waals surface area contributed by atoms with Gasteiger partial charge in [0.2, 0.25) is 0 Å². The molecular weight excluding hydrogens is 649 g/mol. The van der Waals surface area contributed by atoms with Gasteiger partial charge < -0.3 is 0 Å². The molecule has 11 rings (SSSR count). The van der Waals surface area contributed by atoms with Gasteiger partial charge in [-0.3, -0.25) is 0 Å². The number of fused-ring (bicyclic) bond motifs is 2.